The number of benzene rings is 3. The number of hydrogen-bond acceptors (Lipinski definition) is 8. The Morgan fingerprint density at radius 2 is 0.500 bits per heavy atom. The van der Waals surface area contributed by atoms with Crippen molar-refractivity contribution in [3.63, 3.8) is 0 Å². The molecule has 0 radical (unpaired) electrons. The second-order valence-corrected chi connectivity index (χ2v) is 4.73. The van der Waals surface area contributed by atoms with Gasteiger partial charge in [-0.2, -0.15) is 0 Å². The van der Waals surface area contributed by atoms with Crippen LogP contribution < -0.4 is 0 Å². The van der Waals surface area contributed by atoms with E-state index in [1.54, 1.807) is 0 Å². The molecule has 0 bridgehead atoms. The molecule has 0 aromatic heterocycles. The summed E-state index contributed by atoms with van der Waals surface area (Å²) >= 11 is 0. The molecule has 0 amide bonds. The van der Waals surface area contributed by atoms with E-state index in [0.29, 0.717) is 0 Å². The zero-order valence-corrected chi connectivity index (χ0v) is 10.7. The number of fused-ring (bicyclic) bond motifs is 2. The van der Waals surface area contributed by atoms with Gasteiger partial charge in [0.15, 0.2) is 23.0 Å². The van der Waals surface area contributed by atoms with Gasteiger partial charge >= 0.3 is 0 Å². The van der Waals surface area contributed by atoms with Gasteiger partial charge in [0.05, 0.1) is 0 Å². The largest absolute Gasteiger partial charge is 0.504 e. The molecule has 0 saturated carbocycles. The molecule has 0 spiro atoms. The van der Waals surface area contributed by atoms with Crippen molar-refractivity contribution in [1.82, 2.24) is 0 Å². The Balaban J connectivity index is 2.64. The van der Waals surface area contributed by atoms with Gasteiger partial charge in [-0.1, -0.05) is 0 Å². The van der Waals surface area contributed by atoms with Crippen LogP contribution in [0.25, 0.3) is 21.5 Å². The van der Waals surface area contributed by atoms with Crippen molar-refractivity contribution in [1.29, 1.82) is 0 Å². The van der Waals surface area contributed by atoms with Crippen LogP contribution in [0.5, 0.6) is 46.0 Å². The molecule has 0 aliphatic heterocycles. The SMILES string of the molecule is Oc1c(O)c(O)c2cc3c(O)c(O)c(O)c(O)c3cc2c1O. The van der Waals surface area contributed by atoms with E-state index >= 15 is 0 Å². The highest BCUT2D eigenvalue weighted by Crippen LogP contribution is 2.54. The first-order valence-electron chi connectivity index (χ1n) is 5.94. The van der Waals surface area contributed by atoms with Crippen LogP contribution in [0.4, 0.5) is 0 Å². The molecule has 3 rings (SSSR count). The Hall–Kier alpha value is -3.42. The fraction of sp³-hybridized carbons (Fsp3) is 0. The van der Waals surface area contributed by atoms with Crippen LogP contribution in [0.1, 0.15) is 0 Å². The van der Waals surface area contributed by atoms with Gasteiger partial charge in [0.25, 0.3) is 0 Å². The van der Waals surface area contributed by atoms with Crippen molar-refractivity contribution in [2.75, 3.05) is 0 Å². The van der Waals surface area contributed by atoms with Crippen molar-refractivity contribution >= 4 is 21.5 Å². The van der Waals surface area contributed by atoms with Gasteiger partial charge in [0.1, 0.15) is 0 Å². The Bertz CT molecular complexity index is 808. The van der Waals surface area contributed by atoms with Gasteiger partial charge in [-0.3, -0.25) is 0 Å². The lowest BCUT2D eigenvalue weighted by Crippen LogP contribution is -1.84. The van der Waals surface area contributed by atoms with Crippen LogP contribution in [0.15, 0.2) is 12.1 Å². The summed E-state index contributed by atoms with van der Waals surface area (Å²) in [5.74, 6) is -6.91. The van der Waals surface area contributed by atoms with E-state index in [4.69, 9.17) is 0 Å². The number of phenols is 8. The molecule has 0 aliphatic carbocycles. The van der Waals surface area contributed by atoms with Crippen molar-refractivity contribution in [3.05, 3.63) is 12.1 Å². The van der Waals surface area contributed by atoms with Crippen molar-refractivity contribution in [2.45, 2.75) is 0 Å². The summed E-state index contributed by atoms with van der Waals surface area (Å²) in [4.78, 5) is 0. The molecule has 0 saturated heterocycles. The minimum absolute atomic E-state index is 0.153. The van der Waals surface area contributed by atoms with Crippen LogP contribution >= 0.6 is 0 Å². The zero-order valence-electron chi connectivity index (χ0n) is 10.7. The van der Waals surface area contributed by atoms with E-state index in [2.05, 4.69) is 0 Å². The van der Waals surface area contributed by atoms with Crippen molar-refractivity contribution in [3.8, 4) is 46.0 Å². The number of rotatable bonds is 0. The molecule has 3 aromatic carbocycles. The highest BCUT2D eigenvalue weighted by atomic mass is 16.4. The van der Waals surface area contributed by atoms with Gasteiger partial charge in [-0.05, 0) is 12.1 Å². The Kier molecular flexibility index (Phi) is 2.49. The second kappa shape index (κ2) is 4.04. The first-order chi connectivity index (χ1) is 10.3. The maximum atomic E-state index is 9.83. The lowest BCUT2D eigenvalue weighted by atomic mass is 9.99. The van der Waals surface area contributed by atoms with Crippen LogP contribution in [0, 0.1) is 0 Å². The smallest absolute Gasteiger partial charge is 0.204 e. The third-order valence-electron chi connectivity index (χ3n) is 3.52. The minimum atomic E-state index is -0.962. The lowest BCUT2D eigenvalue weighted by Gasteiger charge is -2.13. The van der Waals surface area contributed by atoms with E-state index in [-0.39, 0.29) is 21.5 Å². The van der Waals surface area contributed by atoms with Crippen molar-refractivity contribution < 1.29 is 40.9 Å². The summed E-state index contributed by atoms with van der Waals surface area (Å²) in [7, 11) is 0. The summed E-state index contributed by atoms with van der Waals surface area (Å²) < 4.78 is 0. The average molecular weight is 306 g/mol. The summed E-state index contributed by atoms with van der Waals surface area (Å²) in [6, 6.07) is 2.13. The molecule has 8 heteroatoms. The first-order valence-corrected chi connectivity index (χ1v) is 5.94. The van der Waals surface area contributed by atoms with Crippen LogP contribution in [0.2, 0.25) is 0 Å². The molecule has 8 nitrogen and oxygen atoms in total. The van der Waals surface area contributed by atoms with Crippen molar-refractivity contribution in [2.24, 2.45) is 0 Å². The van der Waals surface area contributed by atoms with E-state index in [0.717, 1.165) is 12.1 Å². The molecule has 0 heterocycles. The summed E-state index contributed by atoms with van der Waals surface area (Å²) in [5.41, 5.74) is 0. The fourth-order valence-electron chi connectivity index (χ4n) is 2.34. The Morgan fingerprint density at radius 3 is 0.682 bits per heavy atom. The number of aromatic hydroxyl groups is 8. The third-order valence-corrected chi connectivity index (χ3v) is 3.52. The number of hydrogen-bond donors (Lipinski definition) is 8. The standard InChI is InChI=1S/C14H10O8/c15-7-3-1-4-6(10(18)14(22)12(20)8(4)16)2-5(3)9(17)13(21)11(7)19/h1-2,15-22H. The summed E-state index contributed by atoms with van der Waals surface area (Å²) in [6.07, 6.45) is 0. The molecule has 0 unspecified atom stereocenters. The minimum Gasteiger partial charge on any atom is -0.504 e. The lowest BCUT2D eigenvalue weighted by molar-refractivity contribution is 0.350. The Labute approximate surface area is 121 Å². The molecule has 0 atom stereocenters. The van der Waals surface area contributed by atoms with Gasteiger partial charge < -0.3 is 40.9 Å². The molecular weight excluding hydrogens is 296 g/mol. The molecule has 8 N–H and O–H groups in total. The molecule has 0 fully saturated rings. The van der Waals surface area contributed by atoms with Gasteiger partial charge in [-0.25, -0.2) is 0 Å². The third kappa shape index (κ3) is 1.46. The monoisotopic (exact) mass is 306 g/mol. The molecule has 22 heavy (non-hydrogen) atoms. The highest BCUT2D eigenvalue weighted by molar-refractivity contribution is 6.10. The van der Waals surface area contributed by atoms with Crippen LogP contribution in [-0.4, -0.2) is 40.9 Å². The fourth-order valence-corrected chi connectivity index (χ4v) is 2.34. The molecule has 0 aliphatic rings. The maximum Gasteiger partial charge on any atom is 0.204 e. The van der Waals surface area contributed by atoms with E-state index < -0.39 is 46.0 Å². The normalized spacial score (nSPS) is 11.3. The number of phenolic OH excluding ortho intramolecular Hbond substituents is 8. The summed E-state index contributed by atoms with van der Waals surface area (Å²) in [6.45, 7) is 0. The quantitative estimate of drug-likeness (QED) is 0.176. The van der Waals surface area contributed by atoms with Gasteiger partial charge in [-0.15, -0.1) is 0 Å². The second-order valence-electron chi connectivity index (χ2n) is 4.73. The average Bonchev–Trinajstić information content (AvgIpc) is 2.52. The topological polar surface area (TPSA) is 162 Å². The van der Waals surface area contributed by atoms with Crippen LogP contribution in [-0.2, 0) is 0 Å². The van der Waals surface area contributed by atoms with E-state index in [1.807, 2.05) is 0 Å². The Morgan fingerprint density at radius 1 is 0.318 bits per heavy atom. The molecular formula is C14H10O8. The molecule has 3 aromatic rings. The molecule has 114 valence electrons. The first kappa shape index (κ1) is 13.6. The summed E-state index contributed by atoms with van der Waals surface area (Å²) in [5, 5.41) is 76.8. The van der Waals surface area contributed by atoms with Crippen LogP contribution in [0.3, 0.4) is 0 Å². The maximum absolute atomic E-state index is 9.83. The van der Waals surface area contributed by atoms with E-state index in [9.17, 15) is 40.9 Å². The zero-order chi connectivity index (χ0) is 16.3. The predicted octanol–water partition coefficient (Wildman–Crippen LogP) is 1.64. The van der Waals surface area contributed by atoms with E-state index in [1.165, 1.54) is 0 Å². The predicted molar refractivity (Wildman–Crippen MR) is 74.8 cm³/mol. The van der Waals surface area contributed by atoms with Gasteiger partial charge in [0, 0.05) is 21.5 Å². The van der Waals surface area contributed by atoms with Gasteiger partial charge in [0.2, 0.25) is 23.0 Å². The highest BCUT2D eigenvalue weighted by Gasteiger charge is 2.23.